The van der Waals surface area contributed by atoms with Crippen molar-refractivity contribution in [3.05, 3.63) is 11.9 Å². The Morgan fingerprint density at radius 3 is 2.60 bits per heavy atom. The summed E-state index contributed by atoms with van der Waals surface area (Å²) in [6, 6.07) is -0.651. The third-order valence-corrected chi connectivity index (χ3v) is 1.99. The molecule has 0 aliphatic carbocycles. The van der Waals surface area contributed by atoms with Gasteiger partial charge in [0.2, 0.25) is 0 Å². The molecule has 0 fully saturated rings. The van der Waals surface area contributed by atoms with E-state index in [0.717, 1.165) is 0 Å². The van der Waals surface area contributed by atoms with E-state index < -0.39 is 18.6 Å². The number of aryl methyl sites for hydroxylation is 1. The minimum absolute atomic E-state index is 0.226. The first-order chi connectivity index (χ1) is 6.90. The summed E-state index contributed by atoms with van der Waals surface area (Å²) in [5.41, 5.74) is 0.557. The third kappa shape index (κ3) is 4.28. The summed E-state index contributed by atoms with van der Waals surface area (Å²) in [6.07, 6.45) is -3.18. The van der Waals surface area contributed by atoms with Crippen molar-refractivity contribution in [1.29, 1.82) is 0 Å². The summed E-state index contributed by atoms with van der Waals surface area (Å²) in [6.45, 7) is 0. The van der Waals surface area contributed by atoms with Crippen molar-refractivity contribution in [3.8, 4) is 0 Å². The van der Waals surface area contributed by atoms with Gasteiger partial charge >= 0.3 is 6.18 Å². The number of nitrogens with zero attached hydrogens (tertiary/aromatic N) is 3. The van der Waals surface area contributed by atoms with Gasteiger partial charge in [-0.2, -0.15) is 13.2 Å². The zero-order chi connectivity index (χ0) is 11.5. The highest BCUT2D eigenvalue weighted by atomic mass is 19.4. The Morgan fingerprint density at radius 2 is 2.20 bits per heavy atom. The van der Waals surface area contributed by atoms with Gasteiger partial charge in [-0.1, -0.05) is 5.21 Å². The Morgan fingerprint density at radius 1 is 1.53 bits per heavy atom. The maximum absolute atomic E-state index is 12.1. The largest absolute Gasteiger partial charge is 0.390 e. The predicted octanol–water partition coefficient (Wildman–Crippen LogP) is 0.898. The average Bonchev–Trinajstić information content (AvgIpc) is 2.47. The van der Waals surface area contributed by atoms with Crippen molar-refractivity contribution in [1.82, 2.24) is 20.3 Å². The molecule has 1 aromatic rings. The van der Waals surface area contributed by atoms with E-state index in [-0.39, 0.29) is 6.42 Å². The van der Waals surface area contributed by atoms with Crippen LogP contribution in [0.4, 0.5) is 13.2 Å². The Hall–Kier alpha value is -1.11. The number of hydrogen-bond acceptors (Lipinski definition) is 3. The molecule has 1 N–H and O–H groups in total. The zero-order valence-corrected chi connectivity index (χ0v) is 8.54. The summed E-state index contributed by atoms with van der Waals surface area (Å²) in [5, 5.41) is 10.0. The minimum Gasteiger partial charge on any atom is -0.316 e. The van der Waals surface area contributed by atoms with Crippen molar-refractivity contribution in [2.75, 3.05) is 7.05 Å². The molecule has 86 valence electrons. The third-order valence-electron chi connectivity index (χ3n) is 1.99. The second-order valence-corrected chi connectivity index (χ2v) is 3.39. The molecular weight excluding hydrogens is 209 g/mol. The van der Waals surface area contributed by atoms with Crippen LogP contribution in [-0.4, -0.2) is 34.3 Å². The molecule has 1 aromatic heterocycles. The van der Waals surface area contributed by atoms with E-state index in [2.05, 4.69) is 15.6 Å². The highest BCUT2D eigenvalue weighted by molar-refractivity contribution is 4.96. The molecule has 1 unspecified atom stereocenters. The number of hydrogen-bond donors (Lipinski definition) is 1. The van der Waals surface area contributed by atoms with Gasteiger partial charge < -0.3 is 5.32 Å². The quantitative estimate of drug-likeness (QED) is 0.823. The summed E-state index contributed by atoms with van der Waals surface area (Å²) in [4.78, 5) is 0. The molecule has 1 atom stereocenters. The fourth-order valence-electron chi connectivity index (χ4n) is 1.30. The van der Waals surface area contributed by atoms with Gasteiger partial charge in [0.25, 0.3) is 0 Å². The summed E-state index contributed by atoms with van der Waals surface area (Å²) < 4.78 is 37.8. The standard InChI is InChI=1S/C8H13F3N4/c1-12-6(4-8(9,10)11)3-7-5-15(2)14-13-7/h5-6,12H,3-4H2,1-2H3. The van der Waals surface area contributed by atoms with Crippen LogP contribution in [0.2, 0.25) is 0 Å². The molecule has 15 heavy (non-hydrogen) atoms. The van der Waals surface area contributed by atoms with Crippen molar-refractivity contribution < 1.29 is 13.2 Å². The lowest BCUT2D eigenvalue weighted by Gasteiger charge is -2.16. The van der Waals surface area contributed by atoms with E-state index in [1.165, 1.54) is 11.7 Å². The number of halogens is 3. The van der Waals surface area contributed by atoms with Crippen LogP contribution in [0.1, 0.15) is 12.1 Å². The Labute approximate surface area is 85.5 Å². The number of alkyl halides is 3. The van der Waals surface area contributed by atoms with Crippen LogP contribution in [-0.2, 0) is 13.5 Å². The highest BCUT2D eigenvalue weighted by Crippen LogP contribution is 2.22. The molecule has 0 spiro atoms. The zero-order valence-electron chi connectivity index (χ0n) is 8.54. The first-order valence-electron chi connectivity index (χ1n) is 4.50. The van der Waals surface area contributed by atoms with Gasteiger partial charge in [-0.25, -0.2) is 0 Å². The van der Waals surface area contributed by atoms with Crippen LogP contribution in [0.5, 0.6) is 0 Å². The topological polar surface area (TPSA) is 42.7 Å². The van der Waals surface area contributed by atoms with E-state index >= 15 is 0 Å². The van der Waals surface area contributed by atoms with Crippen molar-refractivity contribution in [2.45, 2.75) is 25.1 Å². The molecule has 0 aliphatic rings. The molecule has 0 saturated carbocycles. The van der Waals surface area contributed by atoms with Crippen LogP contribution in [0.25, 0.3) is 0 Å². The van der Waals surface area contributed by atoms with E-state index in [4.69, 9.17) is 0 Å². The summed E-state index contributed by atoms with van der Waals surface area (Å²) >= 11 is 0. The molecular formula is C8H13F3N4. The molecule has 4 nitrogen and oxygen atoms in total. The van der Waals surface area contributed by atoms with Gasteiger partial charge in [-0.3, -0.25) is 4.68 Å². The molecule has 0 aliphatic heterocycles. The van der Waals surface area contributed by atoms with Crippen molar-refractivity contribution in [3.63, 3.8) is 0 Å². The maximum atomic E-state index is 12.1. The smallest absolute Gasteiger partial charge is 0.316 e. The molecule has 1 rings (SSSR count). The van der Waals surface area contributed by atoms with Gasteiger partial charge in [-0.15, -0.1) is 5.10 Å². The lowest BCUT2D eigenvalue weighted by Crippen LogP contribution is -2.33. The van der Waals surface area contributed by atoms with Gasteiger partial charge in [0.05, 0.1) is 12.1 Å². The van der Waals surface area contributed by atoms with E-state index in [9.17, 15) is 13.2 Å². The Balaban J connectivity index is 2.54. The monoisotopic (exact) mass is 222 g/mol. The van der Waals surface area contributed by atoms with E-state index in [0.29, 0.717) is 5.69 Å². The normalized spacial score (nSPS) is 14.2. The van der Waals surface area contributed by atoms with Gasteiger partial charge in [0.1, 0.15) is 0 Å². The van der Waals surface area contributed by atoms with Crippen molar-refractivity contribution >= 4 is 0 Å². The lowest BCUT2D eigenvalue weighted by atomic mass is 10.1. The fraction of sp³-hybridized carbons (Fsp3) is 0.750. The molecule has 0 amide bonds. The van der Waals surface area contributed by atoms with Crippen LogP contribution in [0, 0.1) is 0 Å². The number of likely N-dealkylation sites (N-methyl/N-ethyl adjacent to an activating group) is 1. The van der Waals surface area contributed by atoms with Gasteiger partial charge in [-0.05, 0) is 7.05 Å². The lowest BCUT2D eigenvalue weighted by molar-refractivity contribution is -0.139. The number of rotatable bonds is 4. The molecule has 0 aromatic carbocycles. The average molecular weight is 222 g/mol. The number of aromatic nitrogens is 3. The Kier molecular flexibility index (Phi) is 3.67. The molecule has 1 heterocycles. The summed E-state index contributed by atoms with van der Waals surface area (Å²) in [7, 11) is 3.18. The van der Waals surface area contributed by atoms with Crippen LogP contribution in [0.3, 0.4) is 0 Å². The van der Waals surface area contributed by atoms with E-state index in [1.807, 2.05) is 0 Å². The van der Waals surface area contributed by atoms with Gasteiger partial charge in [0, 0.05) is 25.7 Å². The second-order valence-electron chi connectivity index (χ2n) is 3.39. The Bertz CT molecular complexity index is 307. The second kappa shape index (κ2) is 4.61. The SMILES string of the molecule is CNC(Cc1cn(C)nn1)CC(F)(F)F. The number of nitrogens with one attached hydrogen (secondary N) is 1. The predicted molar refractivity (Wildman–Crippen MR) is 48.2 cm³/mol. The van der Waals surface area contributed by atoms with Crippen LogP contribution < -0.4 is 5.32 Å². The molecule has 0 bridgehead atoms. The van der Waals surface area contributed by atoms with Gasteiger partial charge in [0.15, 0.2) is 0 Å². The molecule has 0 radical (unpaired) electrons. The highest BCUT2D eigenvalue weighted by Gasteiger charge is 2.31. The maximum Gasteiger partial charge on any atom is 0.390 e. The first kappa shape index (κ1) is 12.0. The summed E-state index contributed by atoms with van der Waals surface area (Å²) in [5.74, 6) is 0. The molecule has 0 saturated heterocycles. The van der Waals surface area contributed by atoms with Crippen LogP contribution in [0.15, 0.2) is 6.20 Å². The van der Waals surface area contributed by atoms with Crippen molar-refractivity contribution in [2.24, 2.45) is 7.05 Å². The van der Waals surface area contributed by atoms with E-state index in [1.54, 1.807) is 13.2 Å². The van der Waals surface area contributed by atoms with Crippen LogP contribution >= 0.6 is 0 Å². The molecule has 7 heteroatoms. The fourth-order valence-corrected chi connectivity index (χ4v) is 1.30. The minimum atomic E-state index is -4.16. The first-order valence-corrected chi connectivity index (χ1v) is 4.50.